The minimum Gasteiger partial charge on any atom is -0.314 e. The lowest BCUT2D eigenvalue weighted by molar-refractivity contribution is -0.118. The van der Waals surface area contributed by atoms with Crippen molar-refractivity contribution in [2.45, 2.75) is 16.6 Å². The van der Waals surface area contributed by atoms with E-state index in [2.05, 4.69) is 15.1 Å². The number of carbonyl (C=O) groups excluding carboxylic acids is 1. The normalized spacial score (nSPS) is 11.3. The van der Waals surface area contributed by atoms with Crippen LogP contribution in [0.4, 0.5) is 0 Å². The van der Waals surface area contributed by atoms with Crippen LogP contribution in [0.3, 0.4) is 0 Å². The molecule has 0 fully saturated rings. The van der Waals surface area contributed by atoms with E-state index >= 15 is 0 Å². The molecule has 4 aromatic rings. The maximum absolute atomic E-state index is 12.3. The van der Waals surface area contributed by atoms with Crippen LogP contribution >= 0.6 is 35.1 Å². The van der Waals surface area contributed by atoms with E-state index < -0.39 is 0 Å². The first-order valence-corrected chi connectivity index (χ1v) is 12.5. The molecular formula is C24H21ClN4OS2. The molecule has 0 radical (unpaired) electrons. The molecule has 162 valence electrons. The second-order valence-electron chi connectivity index (χ2n) is 6.92. The highest BCUT2D eigenvalue weighted by Gasteiger charge is 2.14. The number of nitrogens with one attached hydrogen (secondary N) is 1. The lowest BCUT2D eigenvalue weighted by Crippen LogP contribution is -2.20. The Morgan fingerprint density at radius 3 is 2.62 bits per heavy atom. The minimum atomic E-state index is -0.191. The number of benzene rings is 3. The SMILES string of the molecule is CSc1ccc(/C=N\NC(=O)CSc2nc3ccccc3n2Cc2ccccc2Cl)cc1. The van der Waals surface area contributed by atoms with E-state index in [0.717, 1.165) is 27.3 Å². The van der Waals surface area contributed by atoms with Gasteiger partial charge in [-0.3, -0.25) is 4.79 Å². The zero-order valence-electron chi connectivity index (χ0n) is 17.4. The highest BCUT2D eigenvalue weighted by Crippen LogP contribution is 2.27. The number of hydrogen-bond acceptors (Lipinski definition) is 5. The van der Waals surface area contributed by atoms with E-state index in [9.17, 15) is 4.79 Å². The highest BCUT2D eigenvalue weighted by atomic mass is 35.5. The first-order chi connectivity index (χ1) is 15.6. The van der Waals surface area contributed by atoms with Crippen molar-refractivity contribution in [2.24, 2.45) is 5.10 Å². The van der Waals surface area contributed by atoms with E-state index in [1.165, 1.54) is 16.7 Å². The van der Waals surface area contributed by atoms with E-state index in [0.29, 0.717) is 11.6 Å². The van der Waals surface area contributed by atoms with Crippen molar-refractivity contribution in [3.05, 3.63) is 88.9 Å². The van der Waals surface area contributed by atoms with Gasteiger partial charge in [0.2, 0.25) is 0 Å². The average Bonchev–Trinajstić information content (AvgIpc) is 3.17. The molecule has 5 nitrogen and oxygen atoms in total. The Hall–Kier alpha value is -2.74. The number of rotatable bonds is 8. The third-order valence-electron chi connectivity index (χ3n) is 4.76. The molecule has 0 saturated carbocycles. The Balaban J connectivity index is 1.43. The fraction of sp³-hybridized carbons (Fsp3) is 0.125. The van der Waals surface area contributed by atoms with Crippen molar-refractivity contribution in [1.82, 2.24) is 15.0 Å². The van der Waals surface area contributed by atoms with E-state index in [-0.39, 0.29) is 11.7 Å². The molecule has 0 spiro atoms. The molecule has 8 heteroatoms. The maximum atomic E-state index is 12.3. The van der Waals surface area contributed by atoms with Crippen molar-refractivity contribution in [2.75, 3.05) is 12.0 Å². The van der Waals surface area contributed by atoms with Gasteiger partial charge in [0, 0.05) is 9.92 Å². The molecule has 0 bridgehead atoms. The fourth-order valence-corrected chi connectivity index (χ4v) is 4.55. The largest absolute Gasteiger partial charge is 0.314 e. The highest BCUT2D eigenvalue weighted by molar-refractivity contribution is 7.99. The number of fused-ring (bicyclic) bond motifs is 1. The van der Waals surface area contributed by atoms with Gasteiger partial charge in [-0.25, -0.2) is 10.4 Å². The van der Waals surface area contributed by atoms with Crippen LogP contribution in [-0.2, 0) is 11.3 Å². The molecule has 0 aliphatic rings. The summed E-state index contributed by atoms with van der Waals surface area (Å²) in [6, 6.07) is 23.7. The van der Waals surface area contributed by atoms with E-state index in [1.807, 2.05) is 79.1 Å². The van der Waals surface area contributed by atoms with Crippen LogP contribution in [0.15, 0.2) is 87.9 Å². The predicted octanol–water partition coefficient (Wildman–Crippen LogP) is 5.70. The Kier molecular flexibility index (Phi) is 7.52. The van der Waals surface area contributed by atoms with Crippen LogP contribution in [0.5, 0.6) is 0 Å². The molecule has 0 saturated heterocycles. The summed E-state index contributed by atoms with van der Waals surface area (Å²) < 4.78 is 2.09. The van der Waals surface area contributed by atoms with Gasteiger partial charge >= 0.3 is 0 Å². The number of hydrogen-bond donors (Lipinski definition) is 1. The molecule has 1 aromatic heterocycles. The molecule has 0 aliphatic heterocycles. The van der Waals surface area contributed by atoms with Crippen LogP contribution in [0.1, 0.15) is 11.1 Å². The minimum absolute atomic E-state index is 0.191. The molecule has 0 atom stereocenters. The first kappa shape index (κ1) is 22.5. The van der Waals surface area contributed by atoms with Gasteiger partial charge in [-0.2, -0.15) is 5.10 Å². The van der Waals surface area contributed by atoms with E-state index in [4.69, 9.17) is 16.6 Å². The van der Waals surface area contributed by atoms with Gasteiger partial charge in [0.25, 0.3) is 5.91 Å². The maximum Gasteiger partial charge on any atom is 0.250 e. The Labute approximate surface area is 200 Å². The van der Waals surface area contributed by atoms with Gasteiger partial charge in [0.05, 0.1) is 29.5 Å². The molecular weight excluding hydrogens is 460 g/mol. The molecule has 4 rings (SSSR count). The van der Waals surface area contributed by atoms with Gasteiger partial charge in [-0.1, -0.05) is 65.8 Å². The smallest absolute Gasteiger partial charge is 0.250 e. The number of nitrogens with zero attached hydrogens (tertiary/aromatic N) is 3. The summed E-state index contributed by atoms with van der Waals surface area (Å²) in [4.78, 5) is 18.2. The Morgan fingerprint density at radius 2 is 1.84 bits per heavy atom. The lowest BCUT2D eigenvalue weighted by atomic mass is 10.2. The average molecular weight is 481 g/mol. The fourth-order valence-electron chi connectivity index (χ4n) is 3.14. The van der Waals surface area contributed by atoms with Crippen LogP contribution in [-0.4, -0.2) is 33.7 Å². The zero-order valence-corrected chi connectivity index (χ0v) is 19.8. The first-order valence-electron chi connectivity index (χ1n) is 9.91. The van der Waals surface area contributed by atoms with Crippen molar-refractivity contribution < 1.29 is 4.79 Å². The second-order valence-corrected chi connectivity index (χ2v) is 9.15. The van der Waals surface area contributed by atoms with Gasteiger partial charge in [-0.05, 0) is 47.7 Å². The number of hydrazone groups is 1. The molecule has 0 aliphatic carbocycles. The Morgan fingerprint density at radius 1 is 1.09 bits per heavy atom. The molecule has 1 heterocycles. The molecule has 1 amide bonds. The summed E-state index contributed by atoms with van der Waals surface area (Å²) in [5, 5.41) is 5.53. The zero-order chi connectivity index (χ0) is 22.3. The van der Waals surface area contributed by atoms with Crippen molar-refractivity contribution in [1.29, 1.82) is 0 Å². The van der Waals surface area contributed by atoms with Crippen LogP contribution < -0.4 is 5.43 Å². The monoisotopic (exact) mass is 480 g/mol. The quantitative estimate of drug-likeness (QED) is 0.199. The molecule has 1 N–H and O–H groups in total. The van der Waals surface area contributed by atoms with Gasteiger partial charge in [0.15, 0.2) is 5.16 Å². The van der Waals surface area contributed by atoms with Gasteiger partial charge in [-0.15, -0.1) is 11.8 Å². The number of aromatic nitrogens is 2. The second kappa shape index (κ2) is 10.7. The number of halogens is 1. The van der Waals surface area contributed by atoms with Crippen LogP contribution in [0.2, 0.25) is 5.02 Å². The summed E-state index contributed by atoms with van der Waals surface area (Å²) >= 11 is 9.43. The van der Waals surface area contributed by atoms with Crippen LogP contribution in [0.25, 0.3) is 11.0 Å². The predicted molar refractivity (Wildman–Crippen MR) is 135 cm³/mol. The van der Waals surface area contributed by atoms with Gasteiger partial charge < -0.3 is 4.57 Å². The van der Waals surface area contributed by atoms with E-state index in [1.54, 1.807) is 18.0 Å². The lowest BCUT2D eigenvalue weighted by Gasteiger charge is -2.10. The summed E-state index contributed by atoms with van der Waals surface area (Å²) in [6.07, 6.45) is 3.67. The number of carbonyl (C=O) groups is 1. The molecule has 0 unspecified atom stereocenters. The summed E-state index contributed by atoms with van der Waals surface area (Å²) in [5.74, 6) is 0.0116. The summed E-state index contributed by atoms with van der Waals surface area (Å²) in [6.45, 7) is 0.578. The molecule has 32 heavy (non-hydrogen) atoms. The van der Waals surface area contributed by atoms with Crippen molar-refractivity contribution in [3.8, 4) is 0 Å². The number of para-hydroxylation sites is 2. The van der Waals surface area contributed by atoms with Crippen molar-refractivity contribution in [3.63, 3.8) is 0 Å². The summed E-state index contributed by atoms with van der Waals surface area (Å²) in [7, 11) is 0. The topological polar surface area (TPSA) is 59.3 Å². The summed E-state index contributed by atoms with van der Waals surface area (Å²) in [5.41, 5.74) is 6.40. The standard InChI is InChI=1S/C24H21ClN4OS2/c1-31-19-12-10-17(11-13-19)14-26-28-23(30)16-32-24-27-21-8-4-5-9-22(21)29(24)15-18-6-2-3-7-20(18)25/h2-14H,15-16H2,1H3,(H,28,30)/b26-14-. The van der Waals surface area contributed by atoms with Gasteiger partial charge in [0.1, 0.15) is 0 Å². The van der Waals surface area contributed by atoms with Crippen molar-refractivity contribution >= 4 is 58.3 Å². The third-order valence-corrected chi connectivity index (χ3v) is 6.85. The van der Waals surface area contributed by atoms with Crippen LogP contribution in [0, 0.1) is 0 Å². The number of amides is 1. The number of thioether (sulfide) groups is 2. The number of imidazole rings is 1. The third kappa shape index (κ3) is 5.54. The Bertz CT molecular complexity index is 1250. The molecule has 3 aromatic carbocycles.